The minimum absolute atomic E-state index is 0.0721. The fraction of sp³-hybridized carbons (Fsp3) is 0.240. The molecule has 0 amide bonds. The molecule has 1 aliphatic rings. The molecule has 7 nitrogen and oxygen atoms in total. The van der Waals surface area contributed by atoms with Crippen LogP contribution in [0.5, 0.6) is 5.75 Å². The van der Waals surface area contributed by atoms with Gasteiger partial charge in [-0.15, -0.1) is 0 Å². The van der Waals surface area contributed by atoms with Crippen molar-refractivity contribution in [3.63, 3.8) is 0 Å². The van der Waals surface area contributed by atoms with E-state index in [0.717, 1.165) is 36.5 Å². The van der Waals surface area contributed by atoms with Crippen molar-refractivity contribution in [3.8, 4) is 5.75 Å². The van der Waals surface area contributed by atoms with Gasteiger partial charge in [0.25, 0.3) is 0 Å². The van der Waals surface area contributed by atoms with Crippen LogP contribution in [0.15, 0.2) is 54.6 Å². The van der Waals surface area contributed by atoms with Crippen LogP contribution in [0.4, 0.5) is 5.82 Å². The summed E-state index contributed by atoms with van der Waals surface area (Å²) < 4.78 is 10.7. The van der Waals surface area contributed by atoms with Crippen molar-refractivity contribution in [2.24, 2.45) is 5.73 Å². The Morgan fingerprint density at radius 2 is 1.79 bits per heavy atom. The summed E-state index contributed by atoms with van der Waals surface area (Å²) in [6.07, 6.45) is 2.33. The zero-order valence-electron chi connectivity index (χ0n) is 18.2. The van der Waals surface area contributed by atoms with Crippen molar-refractivity contribution in [1.29, 1.82) is 0 Å². The number of anilines is 1. The van der Waals surface area contributed by atoms with Crippen molar-refractivity contribution in [2.45, 2.75) is 31.9 Å². The van der Waals surface area contributed by atoms with Crippen molar-refractivity contribution in [2.75, 3.05) is 11.9 Å². The van der Waals surface area contributed by atoms with E-state index < -0.39 is 18.0 Å². The second-order valence-electron chi connectivity index (χ2n) is 7.89. The molecule has 176 valence electrons. The first kappa shape index (κ1) is 24.0. The zero-order valence-corrected chi connectivity index (χ0v) is 19.7. The van der Waals surface area contributed by atoms with E-state index in [-0.39, 0.29) is 22.0 Å². The quantitative estimate of drug-likeness (QED) is 0.362. The van der Waals surface area contributed by atoms with E-state index in [1.165, 1.54) is 17.7 Å². The minimum atomic E-state index is -1.04. The molecule has 0 saturated carbocycles. The number of nitrogens with two attached hydrogens (primary N) is 1. The van der Waals surface area contributed by atoms with Crippen LogP contribution in [0.3, 0.4) is 0 Å². The van der Waals surface area contributed by atoms with Gasteiger partial charge in [-0.05, 0) is 60.7 Å². The van der Waals surface area contributed by atoms with Gasteiger partial charge in [0.05, 0.1) is 21.3 Å². The first-order chi connectivity index (χ1) is 16.4. The van der Waals surface area contributed by atoms with Crippen molar-refractivity contribution >= 4 is 41.0 Å². The number of nitrogens with one attached hydrogen (secondary N) is 1. The highest BCUT2D eigenvalue weighted by Crippen LogP contribution is 2.25. The third-order valence-corrected chi connectivity index (χ3v) is 6.01. The highest BCUT2D eigenvalue weighted by molar-refractivity contribution is 6.39. The summed E-state index contributed by atoms with van der Waals surface area (Å²) >= 11 is 12.0. The van der Waals surface area contributed by atoms with Crippen LogP contribution >= 0.6 is 23.2 Å². The maximum Gasteiger partial charge on any atom is 0.348 e. The molecule has 34 heavy (non-hydrogen) atoms. The van der Waals surface area contributed by atoms with E-state index in [1.807, 2.05) is 6.07 Å². The predicted molar refractivity (Wildman–Crippen MR) is 130 cm³/mol. The molecule has 0 aliphatic carbocycles. The number of aromatic nitrogens is 1. The number of carbonyl (C=O) groups excluding carboxylic acids is 2. The summed E-state index contributed by atoms with van der Waals surface area (Å²) in [5.41, 5.74) is 8.72. The monoisotopic (exact) mass is 499 g/mol. The van der Waals surface area contributed by atoms with Gasteiger partial charge in [-0.2, -0.15) is 0 Å². The van der Waals surface area contributed by atoms with Gasteiger partial charge in [0, 0.05) is 6.54 Å². The molecule has 9 heteroatoms. The molecule has 0 bridgehead atoms. The molecule has 4 rings (SSSR count). The Kier molecular flexibility index (Phi) is 7.67. The van der Waals surface area contributed by atoms with Gasteiger partial charge in [-0.25, -0.2) is 14.6 Å². The first-order valence-electron chi connectivity index (χ1n) is 10.8. The Bertz CT molecular complexity index is 1180. The predicted octanol–water partition coefficient (Wildman–Crippen LogP) is 4.58. The molecule has 2 aromatic carbocycles. The third kappa shape index (κ3) is 5.86. The van der Waals surface area contributed by atoms with Crippen LogP contribution in [-0.4, -0.2) is 29.5 Å². The van der Waals surface area contributed by atoms with E-state index in [1.54, 1.807) is 30.3 Å². The Balaban J connectivity index is 1.29. The van der Waals surface area contributed by atoms with E-state index in [0.29, 0.717) is 12.4 Å². The number of rotatable bonds is 7. The Hall–Kier alpha value is -3.13. The Morgan fingerprint density at radius 1 is 1.06 bits per heavy atom. The highest BCUT2D eigenvalue weighted by Gasteiger charge is 2.23. The molecule has 0 radical (unpaired) electrons. The fourth-order valence-corrected chi connectivity index (χ4v) is 4.13. The van der Waals surface area contributed by atoms with Crippen LogP contribution in [0.2, 0.25) is 10.0 Å². The van der Waals surface area contributed by atoms with Gasteiger partial charge < -0.3 is 20.5 Å². The van der Waals surface area contributed by atoms with Crippen LogP contribution in [0, 0.1) is 0 Å². The molecule has 1 atom stereocenters. The summed E-state index contributed by atoms with van der Waals surface area (Å²) in [5, 5.41) is 3.50. The molecule has 3 N–H and O–H groups in total. The van der Waals surface area contributed by atoms with Crippen LogP contribution in [-0.2, 0) is 29.0 Å². The Morgan fingerprint density at radius 3 is 2.53 bits per heavy atom. The van der Waals surface area contributed by atoms with E-state index in [4.69, 9.17) is 38.4 Å². The summed E-state index contributed by atoms with van der Waals surface area (Å²) in [4.78, 5) is 29.2. The fourth-order valence-electron chi connectivity index (χ4n) is 3.58. The molecule has 2 heterocycles. The number of ether oxygens (including phenoxy) is 2. The normalized spacial score (nSPS) is 13.4. The molecule has 1 aromatic heterocycles. The van der Waals surface area contributed by atoms with Crippen molar-refractivity contribution in [3.05, 3.63) is 87.0 Å². The lowest BCUT2D eigenvalue weighted by molar-refractivity contribution is -0.139. The van der Waals surface area contributed by atoms with Crippen molar-refractivity contribution in [1.82, 2.24) is 4.98 Å². The van der Waals surface area contributed by atoms with Crippen LogP contribution in [0.25, 0.3) is 0 Å². The second kappa shape index (κ2) is 10.9. The average molecular weight is 500 g/mol. The number of carbonyl (C=O) groups is 2. The Labute approximate surface area is 207 Å². The number of pyridine rings is 1. The molecular weight excluding hydrogens is 477 g/mol. The largest absolute Gasteiger partial charge is 0.487 e. The van der Waals surface area contributed by atoms with E-state index in [2.05, 4.69) is 16.4 Å². The van der Waals surface area contributed by atoms with Crippen LogP contribution in [0.1, 0.15) is 33.6 Å². The number of hydrogen-bond donors (Lipinski definition) is 2. The molecule has 0 spiro atoms. The van der Waals surface area contributed by atoms with Gasteiger partial charge >= 0.3 is 11.9 Å². The van der Waals surface area contributed by atoms with E-state index in [9.17, 15) is 9.59 Å². The minimum Gasteiger partial charge on any atom is -0.487 e. The molecule has 0 fully saturated rings. The first-order valence-corrected chi connectivity index (χ1v) is 11.6. The number of hydrogen-bond acceptors (Lipinski definition) is 7. The van der Waals surface area contributed by atoms with Gasteiger partial charge in [0.2, 0.25) is 0 Å². The molecule has 0 unspecified atom stereocenters. The number of aryl methyl sites for hydroxylation is 1. The van der Waals surface area contributed by atoms with Gasteiger partial charge in [-0.3, -0.25) is 0 Å². The number of esters is 2. The lowest BCUT2D eigenvalue weighted by atomic mass is 10.1. The number of fused-ring (bicyclic) bond motifs is 1. The molecule has 0 saturated heterocycles. The summed E-state index contributed by atoms with van der Waals surface area (Å²) in [7, 11) is 0. The lowest BCUT2D eigenvalue weighted by Crippen LogP contribution is -2.35. The highest BCUT2D eigenvalue weighted by atomic mass is 35.5. The third-order valence-electron chi connectivity index (χ3n) is 5.38. The van der Waals surface area contributed by atoms with E-state index >= 15 is 0 Å². The number of nitrogens with zero attached hydrogens (tertiary/aromatic N) is 1. The zero-order chi connectivity index (χ0) is 24.1. The SMILES string of the molecule is N[C@@H](Cc1ccc(OCc2ccc3c(n2)NCCC3)cc1)C(=O)OC(=O)c1c(Cl)cccc1Cl. The lowest BCUT2D eigenvalue weighted by Gasteiger charge is -2.17. The smallest absolute Gasteiger partial charge is 0.348 e. The number of benzene rings is 2. The summed E-state index contributed by atoms with van der Waals surface area (Å²) in [5.74, 6) is -0.214. The molecular formula is C25H23Cl2N3O4. The maximum atomic E-state index is 12.3. The maximum absolute atomic E-state index is 12.3. The number of halogens is 2. The summed E-state index contributed by atoms with van der Waals surface area (Å²) in [6, 6.07) is 14.8. The van der Waals surface area contributed by atoms with Crippen LogP contribution < -0.4 is 15.8 Å². The van der Waals surface area contributed by atoms with Gasteiger partial charge in [0.1, 0.15) is 24.2 Å². The molecule has 1 aliphatic heterocycles. The van der Waals surface area contributed by atoms with Gasteiger partial charge in [-0.1, -0.05) is 47.5 Å². The topological polar surface area (TPSA) is 104 Å². The van der Waals surface area contributed by atoms with Crippen molar-refractivity contribution < 1.29 is 19.1 Å². The molecule has 3 aromatic rings. The average Bonchev–Trinajstić information content (AvgIpc) is 2.83. The standard InChI is InChI=1S/C25H23Cl2N3O4/c26-19-4-1-5-20(27)22(19)25(32)34-24(31)21(28)13-15-6-10-18(11-7-15)33-14-17-9-8-16-3-2-12-29-23(16)30-17/h1,4-11,21H,2-3,12-14,28H2,(H,29,30)/t21-/m0/s1. The second-order valence-corrected chi connectivity index (χ2v) is 8.70. The van der Waals surface area contributed by atoms with Gasteiger partial charge in [0.15, 0.2) is 0 Å². The summed E-state index contributed by atoms with van der Waals surface area (Å²) in [6.45, 7) is 1.27.